The van der Waals surface area contributed by atoms with Crippen LogP contribution in [0.1, 0.15) is 34.3 Å². The Morgan fingerprint density at radius 1 is 1.42 bits per heavy atom. The van der Waals surface area contributed by atoms with Crippen molar-refractivity contribution in [2.75, 3.05) is 13.2 Å². The van der Waals surface area contributed by atoms with E-state index in [1.54, 1.807) is 4.90 Å². The van der Waals surface area contributed by atoms with Gasteiger partial charge in [-0.15, -0.1) is 0 Å². The monoisotopic (exact) mass is 264 g/mol. The molecule has 0 aliphatic carbocycles. The lowest BCUT2D eigenvalue weighted by Gasteiger charge is -2.24. The normalized spacial score (nSPS) is 22.5. The number of aromatic nitrogens is 1. The molecule has 0 spiro atoms. The second-order valence-corrected chi connectivity index (χ2v) is 4.73. The van der Waals surface area contributed by atoms with Gasteiger partial charge in [0.2, 0.25) is 0 Å². The summed E-state index contributed by atoms with van der Waals surface area (Å²) < 4.78 is 0. The van der Waals surface area contributed by atoms with Crippen LogP contribution in [-0.2, 0) is 0 Å². The van der Waals surface area contributed by atoms with Gasteiger partial charge >= 0.3 is 5.97 Å². The van der Waals surface area contributed by atoms with E-state index in [2.05, 4.69) is 4.98 Å². The summed E-state index contributed by atoms with van der Waals surface area (Å²) in [5.41, 5.74) is -0.0499. The zero-order valence-electron chi connectivity index (χ0n) is 10.6. The first-order valence-corrected chi connectivity index (χ1v) is 6.16. The minimum absolute atomic E-state index is 0.0917. The molecule has 1 aromatic rings. The summed E-state index contributed by atoms with van der Waals surface area (Å²) >= 11 is 0. The van der Waals surface area contributed by atoms with E-state index in [1.807, 2.05) is 6.92 Å². The van der Waals surface area contributed by atoms with E-state index >= 15 is 0 Å². The third-order valence-electron chi connectivity index (χ3n) is 3.52. The van der Waals surface area contributed by atoms with Crippen molar-refractivity contribution in [1.29, 1.82) is 0 Å². The van der Waals surface area contributed by atoms with Crippen LogP contribution in [0.15, 0.2) is 18.2 Å². The molecule has 2 N–H and O–H groups in total. The van der Waals surface area contributed by atoms with Crippen molar-refractivity contribution >= 4 is 11.9 Å². The van der Waals surface area contributed by atoms with Gasteiger partial charge in [-0.05, 0) is 24.5 Å². The molecule has 1 aromatic heterocycles. The van der Waals surface area contributed by atoms with E-state index < -0.39 is 5.97 Å². The van der Waals surface area contributed by atoms with E-state index in [9.17, 15) is 14.7 Å². The Labute approximate surface area is 110 Å². The van der Waals surface area contributed by atoms with E-state index in [0.717, 1.165) is 6.42 Å². The Hall–Kier alpha value is -1.95. The SMILES string of the molecule is CC1CCN(C(=O)c2cccc(C(=O)O)n2)C1CO. The van der Waals surface area contributed by atoms with Crippen molar-refractivity contribution in [2.24, 2.45) is 5.92 Å². The Kier molecular flexibility index (Phi) is 3.80. The molecule has 0 saturated carbocycles. The predicted octanol–water partition coefficient (Wildman–Crippen LogP) is 0.623. The number of carboxylic acid groups (broad SMARTS) is 1. The Morgan fingerprint density at radius 2 is 2.11 bits per heavy atom. The summed E-state index contributed by atoms with van der Waals surface area (Å²) in [6.07, 6.45) is 0.829. The molecule has 102 valence electrons. The Morgan fingerprint density at radius 3 is 2.74 bits per heavy atom. The average molecular weight is 264 g/mol. The van der Waals surface area contributed by atoms with Gasteiger partial charge in [-0.2, -0.15) is 0 Å². The van der Waals surface area contributed by atoms with Crippen molar-refractivity contribution in [3.63, 3.8) is 0 Å². The second kappa shape index (κ2) is 5.36. The van der Waals surface area contributed by atoms with Crippen molar-refractivity contribution < 1.29 is 19.8 Å². The van der Waals surface area contributed by atoms with Crippen molar-refractivity contribution in [2.45, 2.75) is 19.4 Å². The first-order valence-electron chi connectivity index (χ1n) is 6.16. The summed E-state index contributed by atoms with van der Waals surface area (Å²) in [5.74, 6) is -1.26. The molecule has 1 fully saturated rings. The summed E-state index contributed by atoms with van der Waals surface area (Å²) in [7, 11) is 0. The molecule has 0 aromatic carbocycles. The van der Waals surface area contributed by atoms with Crippen LogP contribution in [0.25, 0.3) is 0 Å². The summed E-state index contributed by atoms with van der Waals surface area (Å²) in [6, 6.07) is 4.11. The number of hydrogen-bond donors (Lipinski definition) is 2. The summed E-state index contributed by atoms with van der Waals surface area (Å²) in [6.45, 7) is 2.45. The average Bonchev–Trinajstić information content (AvgIpc) is 2.79. The molecule has 1 amide bonds. The smallest absolute Gasteiger partial charge is 0.354 e. The predicted molar refractivity (Wildman–Crippen MR) is 66.9 cm³/mol. The van der Waals surface area contributed by atoms with Crippen LogP contribution < -0.4 is 0 Å². The van der Waals surface area contributed by atoms with Crippen LogP contribution in [-0.4, -0.2) is 51.2 Å². The fourth-order valence-electron chi connectivity index (χ4n) is 2.36. The lowest BCUT2D eigenvalue weighted by molar-refractivity contribution is 0.0641. The standard InChI is InChI=1S/C13H16N2O4/c1-8-5-6-15(11(8)7-16)12(17)9-3-2-4-10(14-9)13(18)19/h2-4,8,11,16H,5-7H2,1H3,(H,18,19). The number of likely N-dealkylation sites (tertiary alicyclic amines) is 1. The number of aromatic carboxylic acids is 1. The van der Waals surface area contributed by atoms with Gasteiger partial charge in [-0.1, -0.05) is 13.0 Å². The maximum atomic E-state index is 12.3. The molecule has 1 aliphatic rings. The number of rotatable bonds is 3. The van der Waals surface area contributed by atoms with E-state index in [1.165, 1.54) is 18.2 Å². The second-order valence-electron chi connectivity index (χ2n) is 4.73. The number of carboxylic acids is 1. The number of amides is 1. The summed E-state index contributed by atoms with van der Waals surface area (Å²) in [5, 5.41) is 18.2. The van der Waals surface area contributed by atoms with Gasteiger partial charge in [0.25, 0.3) is 5.91 Å². The third kappa shape index (κ3) is 2.58. The molecule has 0 radical (unpaired) electrons. The molecule has 2 atom stereocenters. The van der Waals surface area contributed by atoms with E-state index in [-0.39, 0.29) is 35.9 Å². The van der Waals surface area contributed by atoms with Gasteiger partial charge in [0, 0.05) is 6.54 Å². The quantitative estimate of drug-likeness (QED) is 0.835. The highest BCUT2D eigenvalue weighted by Gasteiger charge is 2.34. The fourth-order valence-corrected chi connectivity index (χ4v) is 2.36. The number of aliphatic hydroxyl groups is 1. The molecule has 0 bridgehead atoms. The minimum Gasteiger partial charge on any atom is -0.477 e. The lowest BCUT2D eigenvalue weighted by Crippen LogP contribution is -2.40. The molecule has 2 heterocycles. The molecular formula is C13H16N2O4. The molecule has 6 heteroatoms. The molecule has 2 unspecified atom stereocenters. The van der Waals surface area contributed by atoms with Gasteiger partial charge in [0.15, 0.2) is 0 Å². The van der Waals surface area contributed by atoms with Gasteiger partial charge in [-0.25, -0.2) is 9.78 Å². The maximum absolute atomic E-state index is 12.3. The van der Waals surface area contributed by atoms with Crippen molar-refractivity contribution in [1.82, 2.24) is 9.88 Å². The first-order chi connectivity index (χ1) is 9.04. The van der Waals surface area contributed by atoms with Crippen molar-refractivity contribution in [3.8, 4) is 0 Å². The van der Waals surface area contributed by atoms with Crippen LogP contribution in [0.4, 0.5) is 0 Å². The van der Waals surface area contributed by atoms with Gasteiger partial charge < -0.3 is 15.1 Å². The highest BCUT2D eigenvalue weighted by molar-refractivity contribution is 5.94. The fraction of sp³-hybridized carbons (Fsp3) is 0.462. The zero-order chi connectivity index (χ0) is 14.0. The van der Waals surface area contributed by atoms with E-state index in [0.29, 0.717) is 6.54 Å². The molecular weight excluding hydrogens is 248 g/mol. The van der Waals surface area contributed by atoms with Gasteiger partial charge in [0.05, 0.1) is 12.6 Å². The molecule has 2 rings (SSSR count). The summed E-state index contributed by atoms with van der Waals surface area (Å²) in [4.78, 5) is 28.5. The minimum atomic E-state index is -1.16. The topological polar surface area (TPSA) is 90.7 Å². The Bertz CT molecular complexity index is 503. The Balaban J connectivity index is 2.24. The maximum Gasteiger partial charge on any atom is 0.354 e. The van der Waals surface area contributed by atoms with Gasteiger partial charge in [0.1, 0.15) is 11.4 Å². The van der Waals surface area contributed by atoms with Crippen LogP contribution in [0.5, 0.6) is 0 Å². The molecule has 6 nitrogen and oxygen atoms in total. The van der Waals surface area contributed by atoms with Crippen LogP contribution >= 0.6 is 0 Å². The van der Waals surface area contributed by atoms with Gasteiger partial charge in [-0.3, -0.25) is 4.79 Å². The number of nitrogens with zero attached hydrogens (tertiary/aromatic N) is 2. The highest BCUT2D eigenvalue weighted by atomic mass is 16.4. The van der Waals surface area contributed by atoms with E-state index in [4.69, 9.17) is 5.11 Å². The number of aliphatic hydroxyl groups excluding tert-OH is 1. The zero-order valence-corrected chi connectivity index (χ0v) is 10.6. The number of carbonyl (C=O) groups is 2. The number of pyridine rings is 1. The highest BCUT2D eigenvalue weighted by Crippen LogP contribution is 2.24. The molecule has 1 aliphatic heterocycles. The largest absolute Gasteiger partial charge is 0.477 e. The number of hydrogen-bond acceptors (Lipinski definition) is 4. The van der Waals surface area contributed by atoms with Crippen LogP contribution in [0.3, 0.4) is 0 Å². The lowest BCUT2D eigenvalue weighted by atomic mass is 10.0. The van der Waals surface area contributed by atoms with Crippen LogP contribution in [0.2, 0.25) is 0 Å². The molecule has 19 heavy (non-hydrogen) atoms. The third-order valence-corrected chi connectivity index (χ3v) is 3.52. The number of carbonyl (C=O) groups excluding carboxylic acids is 1. The molecule has 1 saturated heterocycles. The van der Waals surface area contributed by atoms with Crippen molar-refractivity contribution in [3.05, 3.63) is 29.6 Å². The van der Waals surface area contributed by atoms with Crippen LogP contribution in [0, 0.1) is 5.92 Å². The first kappa shape index (κ1) is 13.5.